The second-order valence-corrected chi connectivity index (χ2v) is 8.60. The van der Waals surface area contributed by atoms with Crippen molar-refractivity contribution in [1.82, 2.24) is 4.57 Å². The van der Waals surface area contributed by atoms with Crippen LogP contribution in [0.3, 0.4) is 0 Å². The number of amides is 1. The van der Waals surface area contributed by atoms with Crippen LogP contribution in [-0.4, -0.2) is 18.9 Å². The van der Waals surface area contributed by atoms with Gasteiger partial charge in [0.15, 0.2) is 0 Å². The van der Waals surface area contributed by atoms with Crippen molar-refractivity contribution in [3.05, 3.63) is 89.6 Å². The number of anilines is 1. The van der Waals surface area contributed by atoms with Gasteiger partial charge < -0.3 is 9.88 Å². The molecule has 0 atom stereocenters. The third-order valence-corrected chi connectivity index (χ3v) is 6.73. The molecule has 156 valence electrons. The second-order valence-electron chi connectivity index (χ2n) is 6.71. The molecule has 0 spiro atoms. The van der Waals surface area contributed by atoms with Crippen molar-refractivity contribution in [2.75, 3.05) is 5.32 Å². The van der Waals surface area contributed by atoms with Gasteiger partial charge in [-0.2, -0.15) is 0 Å². The van der Waals surface area contributed by atoms with Gasteiger partial charge in [0.05, 0.1) is 4.90 Å². The minimum atomic E-state index is -4.08. The topological polar surface area (TPSA) is 68.2 Å². The SMILES string of the molecule is C=CCn1c(C)c(C)c(S(=O)(=O)c2ccc(F)cc2)c1NC(=O)c1cccc(F)c1. The lowest BCUT2D eigenvalue weighted by atomic mass is 10.2. The summed E-state index contributed by atoms with van der Waals surface area (Å²) in [5.74, 6) is -1.77. The summed E-state index contributed by atoms with van der Waals surface area (Å²) < 4.78 is 55.1. The number of benzene rings is 2. The molecule has 8 heteroatoms. The Balaban J connectivity index is 2.18. The quantitative estimate of drug-likeness (QED) is 0.457. The lowest BCUT2D eigenvalue weighted by Crippen LogP contribution is -2.18. The molecule has 0 saturated carbocycles. The van der Waals surface area contributed by atoms with Crippen LogP contribution in [0.4, 0.5) is 14.6 Å². The molecule has 0 radical (unpaired) electrons. The van der Waals surface area contributed by atoms with Crippen molar-refractivity contribution in [2.24, 2.45) is 0 Å². The molecule has 0 fully saturated rings. The summed E-state index contributed by atoms with van der Waals surface area (Å²) in [7, 11) is -4.08. The molecule has 0 unspecified atom stereocenters. The number of sulfone groups is 1. The van der Waals surface area contributed by atoms with E-state index >= 15 is 0 Å². The molecule has 1 heterocycles. The predicted molar refractivity (Wildman–Crippen MR) is 110 cm³/mol. The Kier molecular flexibility index (Phi) is 5.89. The van der Waals surface area contributed by atoms with Gasteiger partial charge in [-0.1, -0.05) is 12.1 Å². The van der Waals surface area contributed by atoms with E-state index in [0.29, 0.717) is 11.3 Å². The Morgan fingerprint density at radius 3 is 2.37 bits per heavy atom. The highest BCUT2D eigenvalue weighted by molar-refractivity contribution is 7.91. The number of hydrogen-bond acceptors (Lipinski definition) is 3. The zero-order valence-electron chi connectivity index (χ0n) is 16.4. The van der Waals surface area contributed by atoms with Crippen LogP contribution in [0, 0.1) is 25.5 Å². The molecule has 3 aromatic rings. The minimum absolute atomic E-state index is 0.0433. The molecule has 0 saturated heterocycles. The lowest BCUT2D eigenvalue weighted by molar-refractivity contribution is 0.102. The van der Waals surface area contributed by atoms with Crippen LogP contribution in [0.1, 0.15) is 21.6 Å². The molecule has 1 aromatic heterocycles. The summed E-state index contributed by atoms with van der Waals surface area (Å²) >= 11 is 0. The maximum absolute atomic E-state index is 13.5. The first kappa shape index (κ1) is 21.4. The minimum Gasteiger partial charge on any atom is -0.327 e. The number of allylic oxidation sites excluding steroid dienone is 1. The first-order valence-corrected chi connectivity index (χ1v) is 10.5. The van der Waals surface area contributed by atoms with Crippen LogP contribution in [0.25, 0.3) is 0 Å². The third kappa shape index (κ3) is 3.91. The van der Waals surface area contributed by atoms with Gasteiger partial charge >= 0.3 is 0 Å². The number of carbonyl (C=O) groups is 1. The van der Waals surface area contributed by atoms with Crippen molar-refractivity contribution >= 4 is 21.6 Å². The fraction of sp³-hybridized carbons (Fsp3) is 0.136. The smallest absolute Gasteiger partial charge is 0.256 e. The van der Waals surface area contributed by atoms with Crippen LogP contribution in [0.15, 0.2) is 71.0 Å². The van der Waals surface area contributed by atoms with Gasteiger partial charge in [-0.3, -0.25) is 4.79 Å². The van der Waals surface area contributed by atoms with E-state index in [2.05, 4.69) is 11.9 Å². The fourth-order valence-electron chi connectivity index (χ4n) is 3.19. The summed E-state index contributed by atoms with van der Waals surface area (Å²) in [6.07, 6.45) is 1.57. The van der Waals surface area contributed by atoms with Crippen LogP contribution in [0.5, 0.6) is 0 Å². The van der Waals surface area contributed by atoms with Crippen molar-refractivity contribution in [3.8, 4) is 0 Å². The van der Waals surface area contributed by atoms with E-state index in [1.54, 1.807) is 24.5 Å². The number of nitrogens with one attached hydrogen (secondary N) is 1. The maximum Gasteiger partial charge on any atom is 0.256 e. The van der Waals surface area contributed by atoms with E-state index in [0.717, 1.165) is 18.2 Å². The van der Waals surface area contributed by atoms with Gasteiger partial charge in [0.25, 0.3) is 5.91 Å². The van der Waals surface area contributed by atoms with Crippen molar-refractivity contribution in [1.29, 1.82) is 0 Å². The van der Waals surface area contributed by atoms with E-state index in [-0.39, 0.29) is 27.7 Å². The highest BCUT2D eigenvalue weighted by Gasteiger charge is 2.30. The first-order chi connectivity index (χ1) is 14.2. The Bertz CT molecular complexity index is 1230. The van der Waals surface area contributed by atoms with Crippen molar-refractivity contribution in [2.45, 2.75) is 30.2 Å². The largest absolute Gasteiger partial charge is 0.327 e. The fourth-order valence-corrected chi connectivity index (χ4v) is 4.88. The standard InChI is InChI=1S/C22H20F2N2O3S/c1-4-12-26-15(3)14(2)20(30(28,29)19-10-8-17(23)9-11-19)21(26)25-22(27)16-6-5-7-18(24)13-16/h4-11,13H,1,12H2,2-3H3,(H,25,27). The predicted octanol–water partition coefficient (Wildman–Crippen LogP) is 4.65. The molecule has 3 rings (SSSR count). The van der Waals surface area contributed by atoms with Gasteiger partial charge in [-0.25, -0.2) is 17.2 Å². The van der Waals surface area contributed by atoms with Crippen LogP contribution >= 0.6 is 0 Å². The van der Waals surface area contributed by atoms with Gasteiger partial charge in [0.2, 0.25) is 9.84 Å². The highest BCUT2D eigenvalue weighted by Crippen LogP contribution is 2.35. The van der Waals surface area contributed by atoms with Gasteiger partial charge in [-0.05, 0) is 61.9 Å². The van der Waals surface area contributed by atoms with E-state index in [9.17, 15) is 22.0 Å². The number of aromatic nitrogens is 1. The van der Waals surface area contributed by atoms with Crippen molar-refractivity contribution in [3.63, 3.8) is 0 Å². The van der Waals surface area contributed by atoms with E-state index in [1.807, 2.05) is 0 Å². The molecule has 1 amide bonds. The number of halogens is 2. The van der Waals surface area contributed by atoms with Crippen LogP contribution < -0.4 is 5.32 Å². The molecular weight excluding hydrogens is 410 g/mol. The average molecular weight is 430 g/mol. The number of nitrogens with zero attached hydrogens (tertiary/aromatic N) is 1. The summed E-state index contributed by atoms with van der Waals surface area (Å²) in [4.78, 5) is 12.5. The summed E-state index contributed by atoms with van der Waals surface area (Å²) in [6.45, 7) is 7.27. The van der Waals surface area contributed by atoms with Crippen LogP contribution in [0.2, 0.25) is 0 Å². The summed E-state index contributed by atoms with van der Waals surface area (Å²) in [5.41, 5.74) is 1.10. The Labute approximate surface area is 173 Å². The maximum atomic E-state index is 13.5. The van der Waals surface area contributed by atoms with Gasteiger partial charge in [-0.15, -0.1) is 6.58 Å². The molecule has 0 aliphatic heterocycles. The lowest BCUT2D eigenvalue weighted by Gasteiger charge is -2.13. The molecular formula is C22H20F2N2O3S. The molecule has 0 bridgehead atoms. The van der Waals surface area contributed by atoms with E-state index in [4.69, 9.17) is 0 Å². The van der Waals surface area contributed by atoms with Crippen LogP contribution in [-0.2, 0) is 16.4 Å². The van der Waals surface area contributed by atoms with E-state index < -0.39 is 27.4 Å². The Hall–Kier alpha value is -3.26. The molecule has 0 aliphatic rings. The third-order valence-electron chi connectivity index (χ3n) is 4.80. The zero-order chi connectivity index (χ0) is 22.1. The molecule has 30 heavy (non-hydrogen) atoms. The van der Waals surface area contributed by atoms with Crippen molar-refractivity contribution < 1.29 is 22.0 Å². The summed E-state index contributed by atoms with van der Waals surface area (Å²) in [5, 5.41) is 2.61. The summed E-state index contributed by atoms with van der Waals surface area (Å²) in [6, 6.07) is 9.53. The van der Waals surface area contributed by atoms with E-state index in [1.165, 1.54) is 30.3 Å². The second kappa shape index (κ2) is 8.23. The molecule has 0 aliphatic carbocycles. The number of carbonyl (C=O) groups excluding carboxylic acids is 1. The molecule has 1 N–H and O–H groups in total. The first-order valence-electron chi connectivity index (χ1n) is 9.05. The highest BCUT2D eigenvalue weighted by atomic mass is 32.2. The zero-order valence-corrected chi connectivity index (χ0v) is 17.3. The Morgan fingerprint density at radius 1 is 1.10 bits per heavy atom. The number of hydrogen-bond donors (Lipinski definition) is 1. The number of rotatable bonds is 6. The molecule has 2 aromatic carbocycles. The molecule has 5 nitrogen and oxygen atoms in total. The normalized spacial score (nSPS) is 11.3. The monoisotopic (exact) mass is 430 g/mol. The average Bonchev–Trinajstić information content (AvgIpc) is 2.93. The van der Waals surface area contributed by atoms with Gasteiger partial charge in [0, 0.05) is 17.8 Å². The Morgan fingerprint density at radius 2 is 1.77 bits per heavy atom. The van der Waals surface area contributed by atoms with Gasteiger partial charge in [0.1, 0.15) is 22.3 Å².